The van der Waals surface area contributed by atoms with Crippen LogP contribution in [0.2, 0.25) is 0 Å². The van der Waals surface area contributed by atoms with Crippen LogP contribution in [0.4, 0.5) is 11.6 Å². The van der Waals surface area contributed by atoms with Crippen molar-refractivity contribution in [3.8, 4) is 0 Å². The number of fused-ring (bicyclic) bond motifs is 1. The highest BCUT2D eigenvalue weighted by atomic mass is 16.3. The Morgan fingerprint density at radius 2 is 2.07 bits per heavy atom. The number of aliphatic hydroxyl groups excluding tert-OH is 1. The van der Waals surface area contributed by atoms with Crippen LogP contribution in [0.15, 0.2) is 42.6 Å². The molecular weight excluding hydrogens is 352 g/mol. The summed E-state index contributed by atoms with van der Waals surface area (Å²) in [7, 11) is 0. The maximum absolute atomic E-state index is 10.0. The zero-order valence-electron chi connectivity index (χ0n) is 16.4. The van der Waals surface area contributed by atoms with Gasteiger partial charge in [-0.3, -0.25) is 0 Å². The minimum atomic E-state index is -0.312. The van der Waals surface area contributed by atoms with E-state index in [4.69, 9.17) is 4.98 Å². The number of aromatic nitrogens is 3. The maximum Gasteiger partial charge on any atom is 0.163 e. The first-order valence-corrected chi connectivity index (χ1v) is 9.93. The first-order chi connectivity index (χ1) is 13.6. The van der Waals surface area contributed by atoms with E-state index < -0.39 is 0 Å². The van der Waals surface area contributed by atoms with Gasteiger partial charge >= 0.3 is 0 Å². The minimum absolute atomic E-state index is 0.0493. The normalized spacial score (nSPS) is 19.4. The number of hydrogen-bond acceptors (Lipinski definition) is 6. The SMILES string of the molecule is CC(C)c1cnn2c(NCc3ccccc3)cc(NC[C@H]3NCC[C@@H]3O)nc12. The molecule has 0 spiro atoms. The molecule has 0 amide bonds. The second-order valence-electron chi connectivity index (χ2n) is 7.65. The van der Waals surface area contributed by atoms with Crippen molar-refractivity contribution in [3.63, 3.8) is 0 Å². The van der Waals surface area contributed by atoms with Crippen LogP contribution < -0.4 is 16.0 Å². The molecular formula is C21H28N6O. The molecule has 4 N–H and O–H groups in total. The number of aliphatic hydroxyl groups is 1. The zero-order valence-corrected chi connectivity index (χ0v) is 16.4. The Morgan fingerprint density at radius 1 is 1.25 bits per heavy atom. The highest BCUT2D eigenvalue weighted by molar-refractivity contribution is 5.61. The Kier molecular flexibility index (Phi) is 5.45. The quantitative estimate of drug-likeness (QED) is 0.504. The smallest absolute Gasteiger partial charge is 0.163 e. The van der Waals surface area contributed by atoms with Gasteiger partial charge in [-0.15, -0.1) is 0 Å². The fourth-order valence-electron chi connectivity index (χ4n) is 3.57. The highest BCUT2D eigenvalue weighted by Crippen LogP contribution is 2.24. The summed E-state index contributed by atoms with van der Waals surface area (Å²) in [6.07, 6.45) is 2.38. The first kappa shape index (κ1) is 18.7. The van der Waals surface area contributed by atoms with Crippen molar-refractivity contribution in [3.05, 3.63) is 53.7 Å². The summed E-state index contributed by atoms with van der Waals surface area (Å²) >= 11 is 0. The van der Waals surface area contributed by atoms with Gasteiger partial charge in [0, 0.05) is 24.7 Å². The third kappa shape index (κ3) is 3.95. The van der Waals surface area contributed by atoms with Crippen LogP contribution in [-0.2, 0) is 6.54 Å². The maximum atomic E-state index is 10.0. The third-order valence-corrected chi connectivity index (χ3v) is 5.25. The fraction of sp³-hybridized carbons (Fsp3) is 0.429. The van der Waals surface area contributed by atoms with E-state index in [9.17, 15) is 5.11 Å². The molecule has 0 saturated carbocycles. The molecule has 2 aromatic heterocycles. The molecule has 1 fully saturated rings. The summed E-state index contributed by atoms with van der Waals surface area (Å²) < 4.78 is 1.87. The summed E-state index contributed by atoms with van der Waals surface area (Å²) in [5, 5.41) is 24.8. The molecule has 1 saturated heterocycles. The Balaban J connectivity index is 1.60. The lowest BCUT2D eigenvalue weighted by molar-refractivity contribution is 0.163. The van der Waals surface area contributed by atoms with Crippen LogP contribution >= 0.6 is 0 Å². The molecule has 1 aromatic carbocycles. The lowest BCUT2D eigenvalue weighted by Crippen LogP contribution is -2.37. The van der Waals surface area contributed by atoms with Crippen molar-refractivity contribution < 1.29 is 5.11 Å². The Labute approximate surface area is 165 Å². The molecule has 0 radical (unpaired) electrons. The molecule has 1 aliphatic heterocycles. The van der Waals surface area contributed by atoms with Crippen molar-refractivity contribution >= 4 is 17.3 Å². The molecule has 4 rings (SSSR count). The number of nitrogens with zero attached hydrogens (tertiary/aromatic N) is 3. The summed E-state index contributed by atoms with van der Waals surface area (Å²) in [5.41, 5.74) is 3.18. The number of hydrogen-bond donors (Lipinski definition) is 4. The average molecular weight is 380 g/mol. The molecule has 148 valence electrons. The topological polar surface area (TPSA) is 86.5 Å². The third-order valence-electron chi connectivity index (χ3n) is 5.25. The van der Waals surface area contributed by atoms with Crippen LogP contribution in [0.25, 0.3) is 5.65 Å². The summed E-state index contributed by atoms with van der Waals surface area (Å²) in [4.78, 5) is 4.80. The molecule has 7 nitrogen and oxygen atoms in total. The van der Waals surface area contributed by atoms with Crippen LogP contribution in [0.1, 0.15) is 37.3 Å². The fourth-order valence-corrected chi connectivity index (χ4v) is 3.57. The summed E-state index contributed by atoms with van der Waals surface area (Å²) in [6, 6.07) is 12.3. The molecule has 0 aliphatic carbocycles. The monoisotopic (exact) mass is 380 g/mol. The first-order valence-electron chi connectivity index (χ1n) is 9.93. The molecule has 28 heavy (non-hydrogen) atoms. The molecule has 2 atom stereocenters. The van der Waals surface area contributed by atoms with E-state index in [1.54, 1.807) is 0 Å². The molecule has 0 bridgehead atoms. The van der Waals surface area contributed by atoms with Gasteiger partial charge < -0.3 is 21.1 Å². The highest BCUT2D eigenvalue weighted by Gasteiger charge is 2.24. The van der Waals surface area contributed by atoms with Crippen LogP contribution in [0.5, 0.6) is 0 Å². The number of anilines is 2. The van der Waals surface area contributed by atoms with Crippen LogP contribution in [0.3, 0.4) is 0 Å². The summed E-state index contributed by atoms with van der Waals surface area (Å²) in [5.74, 6) is 2.01. The number of benzene rings is 1. The van der Waals surface area contributed by atoms with E-state index in [-0.39, 0.29) is 12.1 Å². The molecule has 7 heteroatoms. The van der Waals surface area contributed by atoms with Gasteiger partial charge in [-0.05, 0) is 24.4 Å². The van der Waals surface area contributed by atoms with E-state index in [0.29, 0.717) is 19.0 Å². The predicted octanol–water partition coefficient (Wildman–Crippen LogP) is 2.60. The molecule has 1 aliphatic rings. The van der Waals surface area contributed by atoms with Gasteiger partial charge in [0.15, 0.2) is 5.65 Å². The van der Waals surface area contributed by atoms with Crippen molar-refractivity contribution in [1.29, 1.82) is 0 Å². The van der Waals surface area contributed by atoms with E-state index in [1.807, 2.05) is 35.0 Å². The largest absolute Gasteiger partial charge is 0.391 e. The van der Waals surface area contributed by atoms with Crippen molar-refractivity contribution in [1.82, 2.24) is 19.9 Å². The molecule has 3 aromatic rings. The lowest BCUT2D eigenvalue weighted by Gasteiger charge is -2.17. The van der Waals surface area contributed by atoms with Crippen molar-refractivity contribution in [2.45, 2.75) is 44.9 Å². The van der Waals surface area contributed by atoms with E-state index in [2.05, 4.69) is 47.0 Å². The molecule has 0 unspecified atom stereocenters. The van der Waals surface area contributed by atoms with Crippen molar-refractivity contribution in [2.24, 2.45) is 0 Å². The second-order valence-corrected chi connectivity index (χ2v) is 7.65. The van der Waals surface area contributed by atoms with Crippen LogP contribution in [-0.4, -0.2) is 44.9 Å². The summed E-state index contributed by atoms with van der Waals surface area (Å²) in [6.45, 7) is 6.49. The van der Waals surface area contributed by atoms with Crippen molar-refractivity contribution in [2.75, 3.05) is 23.7 Å². The Hall–Kier alpha value is -2.64. The Morgan fingerprint density at radius 3 is 2.79 bits per heavy atom. The van der Waals surface area contributed by atoms with Gasteiger partial charge in [-0.25, -0.2) is 4.98 Å². The van der Waals surface area contributed by atoms with Gasteiger partial charge in [0.2, 0.25) is 0 Å². The second kappa shape index (κ2) is 8.16. The Bertz CT molecular complexity index is 923. The standard InChI is InChI=1S/C21H28N6O/c1-14(2)16-12-25-27-20(24-11-15-6-4-3-5-7-15)10-19(26-21(16)27)23-13-17-18(28)8-9-22-17/h3-7,10,12,14,17-18,22,24,28H,8-9,11,13H2,1-2H3,(H,23,26)/t17-,18+/m1/s1. The van der Waals surface area contributed by atoms with Gasteiger partial charge in [0.1, 0.15) is 11.6 Å². The number of nitrogens with one attached hydrogen (secondary N) is 3. The van der Waals surface area contributed by atoms with Gasteiger partial charge in [0.25, 0.3) is 0 Å². The average Bonchev–Trinajstić information content (AvgIpc) is 3.31. The van der Waals surface area contributed by atoms with Gasteiger partial charge in [-0.1, -0.05) is 44.2 Å². The predicted molar refractivity (Wildman–Crippen MR) is 112 cm³/mol. The van der Waals surface area contributed by atoms with Gasteiger partial charge in [-0.2, -0.15) is 9.61 Å². The number of rotatable bonds is 7. The van der Waals surface area contributed by atoms with Gasteiger partial charge in [0.05, 0.1) is 18.3 Å². The zero-order chi connectivity index (χ0) is 19.5. The minimum Gasteiger partial charge on any atom is -0.391 e. The lowest BCUT2D eigenvalue weighted by atomic mass is 10.1. The molecule has 3 heterocycles. The van der Waals surface area contributed by atoms with Crippen LogP contribution in [0, 0.1) is 0 Å². The van der Waals surface area contributed by atoms with E-state index >= 15 is 0 Å². The van der Waals surface area contributed by atoms with E-state index in [1.165, 1.54) is 5.56 Å². The van der Waals surface area contributed by atoms with E-state index in [0.717, 1.165) is 35.8 Å².